The van der Waals surface area contributed by atoms with Gasteiger partial charge in [-0.05, 0) is 13.5 Å². The largest absolute Gasteiger partial charge is 0.396 e. The van der Waals surface area contributed by atoms with Crippen LogP contribution in [0.3, 0.4) is 0 Å². The molecule has 0 saturated heterocycles. The number of hydrogen-bond acceptors (Lipinski definition) is 4. The van der Waals surface area contributed by atoms with Crippen LogP contribution in [0.1, 0.15) is 20.3 Å². The van der Waals surface area contributed by atoms with Crippen LogP contribution < -0.4 is 5.73 Å². The normalized spacial score (nSPS) is 14.3. The average Bonchev–Trinajstić information content (AvgIpc) is 2.18. The highest BCUT2D eigenvalue weighted by Crippen LogP contribution is 2.17. The third-order valence-corrected chi connectivity index (χ3v) is 2.64. The molecule has 0 aliphatic carbocycles. The van der Waals surface area contributed by atoms with Crippen LogP contribution in [0.15, 0.2) is 0 Å². The molecule has 0 aromatic heterocycles. The molecule has 5 nitrogen and oxygen atoms in total. The summed E-state index contributed by atoms with van der Waals surface area (Å²) in [6.07, 6.45) is 0.624. The second-order valence-electron chi connectivity index (χ2n) is 4.37. The summed E-state index contributed by atoms with van der Waals surface area (Å²) in [7, 11) is 1.77. The summed E-state index contributed by atoms with van der Waals surface area (Å²) in [5.41, 5.74) is 4.64. The summed E-state index contributed by atoms with van der Waals surface area (Å²) < 4.78 is 0. The van der Waals surface area contributed by atoms with E-state index in [-0.39, 0.29) is 25.2 Å². The number of carbonyl (C=O) groups is 1. The molecule has 90 valence electrons. The maximum atomic E-state index is 11.1. The highest BCUT2D eigenvalue weighted by molar-refractivity contribution is 5.79. The van der Waals surface area contributed by atoms with E-state index in [1.165, 1.54) is 0 Å². The lowest BCUT2D eigenvalue weighted by Crippen LogP contribution is -2.48. The molecular weight excluding hydrogens is 196 g/mol. The monoisotopic (exact) mass is 218 g/mol. The Morgan fingerprint density at radius 1 is 1.47 bits per heavy atom. The van der Waals surface area contributed by atoms with Crippen molar-refractivity contribution < 1.29 is 15.0 Å². The van der Waals surface area contributed by atoms with Crippen LogP contribution in [-0.4, -0.2) is 53.9 Å². The Hall–Kier alpha value is -0.650. The number of carbonyl (C=O) groups excluding carboxylic acids is 1. The van der Waals surface area contributed by atoms with Gasteiger partial charge in [0.15, 0.2) is 0 Å². The minimum atomic E-state index is -0.600. The van der Waals surface area contributed by atoms with E-state index in [4.69, 9.17) is 15.9 Å². The standard InChI is InChI=1S/C10H22N2O3/c1-4-8(9(11)15)12(3)5-10(2,6-13)7-14/h8,13-14H,4-7H2,1-3H3,(H2,11,15). The number of aliphatic hydroxyl groups excluding tert-OH is 2. The van der Waals surface area contributed by atoms with Crippen molar-refractivity contribution >= 4 is 5.91 Å². The van der Waals surface area contributed by atoms with Crippen LogP contribution in [0.4, 0.5) is 0 Å². The summed E-state index contributed by atoms with van der Waals surface area (Å²) in [5.74, 6) is -0.377. The topological polar surface area (TPSA) is 86.8 Å². The van der Waals surface area contributed by atoms with Gasteiger partial charge in [-0.2, -0.15) is 0 Å². The van der Waals surface area contributed by atoms with E-state index in [0.717, 1.165) is 0 Å². The first-order valence-corrected chi connectivity index (χ1v) is 5.11. The summed E-state index contributed by atoms with van der Waals surface area (Å²) in [5, 5.41) is 18.2. The summed E-state index contributed by atoms with van der Waals surface area (Å²) >= 11 is 0. The third-order valence-electron chi connectivity index (χ3n) is 2.64. The zero-order valence-corrected chi connectivity index (χ0v) is 9.73. The molecule has 1 atom stereocenters. The van der Waals surface area contributed by atoms with Crippen molar-refractivity contribution in [1.29, 1.82) is 0 Å². The highest BCUT2D eigenvalue weighted by Gasteiger charge is 2.28. The number of aliphatic hydroxyl groups is 2. The van der Waals surface area contributed by atoms with E-state index >= 15 is 0 Å². The summed E-state index contributed by atoms with van der Waals surface area (Å²) in [4.78, 5) is 12.9. The third kappa shape index (κ3) is 4.15. The molecule has 4 N–H and O–H groups in total. The van der Waals surface area contributed by atoms with Crippen LogP contribution >= 0.6 is 0 Å². The number of likely N-dealkylation sites (N-methyl/N-ethyl adjacent to an activating group) is 1. The smallest absolute Gasteiger partial charge is 0.234 e. The molecule has 0 saturated carbocycles. The highest BCUT2D eigenvalue weighted by atomic mass is 16.3. The molecule has 0 aliphatic rings. The Bertz CT molecular complexity index is 205. The molecule has 5 heteroatoms. The fraction of sp³-hybridized carbons (Fsp3) is 0.900. The molecule has 0 aliphatic heterocycles. The number of hydrogen-bond donors (Lipinski definition) is 3. The van der Waals surface area contributed by atoms with Crippen molar-refractivity contribution in [3.63, 3.8) is 0 Å². The van der Waals surface area contributed by atoms with Crippen LogP contribution in [0, 0.1) is 5.41 Å². The van der Waals surface area contributed by atoms with Gasteiger partial charge in [0.2, 0.25) is 5.91 Å². The average molecular weight is 218 g/mol. The molecule has 0 aromatic rings. The number of amides is 1. The van der Waals surface area contributed by atoms with E-state index in [0.29, 0.717) is 13.0 Å². The van der Waals surface area contributed by atoms with Gasteiger partial charge >= 0.3 is 0 Å². The summed E-state index contributed by atoms with van der Waals surface area (Å²) in [6, 6.07) is -0.345. The Morgan fingerprint density at radius 3 is 2.20 bits per heavy atom. The zero-order valence-electron chi connectivity index (χ0n) is 9.73. The van der Waals surface area contributed by atoms with Crippen LogP contribution in [0.25, 0.3) is 0 Å². The lowest BCUT2D eigenvalue weighted by Gasteiger charge is -2.33. The second-order valence-corrected chi connectivity index (χ2v) is 4.37. The van der Waals surface area contributed by atoms with E-state index in [1.54, 1.807) is 18.9 Å². The Morgan fingerprint density at radius 2 is 1.93 bits per heavy atom. The summed E-state index contributed by atoms with van der Waals surface area (Å²) in [6.45, 7) is 3.83. The molecule has 0 aromatic carbocycles. The first-order valence-electron chi connectivity index (χ1n) is 5.11. The quantitative estimate of drug-likeness (QED) is 0.520. The predicted molar refractivity (Wildman–Crippen MR) is 58.2 cm³/mol. The van der Waals surface area contributed by atoms with Crippen LogP contribution in [-0.2, 0) is 4.79 Å². The first-order chi connectivity index (χ1) is 6.90. The molecule has 0 radical (unpaired) electrons. The number of nitrogens with zero attached hydrogens (tertiary/aromatic N) is 1. The maximum absolute atomic E-state index is 11.1. The van der Waals surface area contributed by atoms with Gasteiger partial charge in [-0.1, -0.05) is 13.8 Å². The molecule has 0 spiro atoms. The molecule has 0 heterocycles. The molecule has 0 bridgehead atoms. The predicted octanol–water partition coefficient (Wildman–Crippen LogP) is -0.827. The Labute approximate surface area is 90.9 Å². The number of primary amides is 1. The van der Waals surface area contributed by atoms with Crippen molar-refractivity contribution in [2.75, 3.05) is 26.8 Å². The lowest BCUT2D eigenvalue weighted by molar-refractivity contribution is -0.123. The minimum absolute atomic E-state index is 0.122. The zero-order chi connectivity index (χ0) is 12.1. The van der Waals surface area contributed by atoms with Gasteiger partial charge in [-0.15, -0.1) is 0 Å². The Balaban J connectivity index is 4.44. The SMILES string of the molecule is CCC(C(N)=O)N(C)CC(C)(CO)CO. The van der Waals surface area contributed by atoms with Crippen molar-refractivity contribution in [1.82, 2.24) is 4.90 Å². The van der Waals surface area contributed by atoms with Crippen molar-refractivity contribution in [3.8, 4) is 0 Å². The van der Waals surface area contributed by atoms with Crippen LogP contribution in [0.5, 0.6) is 0 Å². The molecule has 1 amide bonds. The van der Waals surface area contributed by atoms with Gasteiger partial charge in [0, 0.05) is 12.0 Å². The first kappa shape index (κ1) is 14.3. The van der Waals surface area contributed by atoms with E-state index < -0.39 is 5.41 Å². The van der Waals surface area contributed by atoms with Crippen molar-refractivity contribution in [2.45, 2.75) is 26.3 Å². The number of nitrogens with two attached hydrogens (primary N) is 1. The van der Waals surface area contributed by atoms with E-state index in [1.807, 2.05) is 6.92 Å². The van der Waals surface area contributed by atoms with Gasteiger partial charge in [0.25, 0.3) is 0 Å². The van der Waals surface area contributed by atoms with Crippen LogP contribution in [0.2, 0.25) is 0 Å². The molecule has 1 unspecified atom stereocenters. The van der Waals surface area contributed by atoms with Gasteiger partial charge in [0.05, 0.1) is 19.3 Å². The number of rotatable bonds is 7. The fourth-order valence-electron chi connectivity index (χ4n) is 1.59. The maximum Gasteiger partial charge on any atom is 0.234 e. The lowest BCUT2D eigenvalue weighted by atomic mass is 9.91. The van der Waals surface area contributed by atoms with E-state index in [2.05, 4.69) is 0 Å². The van der Waals surface area contributed by atoms with Gasteiger partial charge in [-0.3, -0.25) is 9.69 Å². The molecule has 0 rings (SSSR count). The molecular formula is C10H22N2O3. The minimum Gasteiger partial charge on any atom is -0.396 e. The van der Waals surface area contributed by atoms with Gasteiger partial charge in [0.1, 0.15) is 0 Å². The Kier molecular flexibility index (Phi) is 5.79. The van der Waals surface area contributed by atoms with E-state index in [9.17, 15) is 4.79 Å². The van der Waals surface area contributed by atoms with Gasteiger partial charge in [-0.25, -0.2) is 0 Å². The van der Waals surface area contributed by atoms with Gasteiger partial charge < -0.3 is 15.9 Å². The molecule has 15 heavy (non-hydrogen) atoms. The van der Waals surface area contributed by atoms with Crippen molar-refractivity contribution in [3.05, 3.63) is 0 Å². The van der Waals surface area contributed by atoms with Crippen molar-refractivity contribution in [2.24, 2.45) is 11.1 Å². The fourth-order valence-corrected chi connectivity index (χ4v) is 1.59. The second kappa shape index (κ2) is 6.05. The molecule has 0 fully saturated rings.